The molecule has 2 aromatic heterocycles. The fraction of sp³-hybridized carbons (Fsp3) is 0.414. The first-order valence-corrected chi connectivity index (χ1v) is 14.6. The van der Waals surface area contributed by atoms with Gasteiger partial charge in [0.1, 0.15) is 11.5 Å². The molecule has 6 heteroatoms. The van der Waals surface area contributed by atoms with Gasteiger partial charge in [-0.25, -0.2) is 0 Å². The summed E-state index contributed by atoms with van der Waals surface area (Å²) in [6.45, 7) is 14.4. The third-order valence-corrected chi connectivity index (χ3v) is 13.7. The number of aliphatic carboxylic acids is 1. The average Bonchev–Trinajstić information content (AvgIpc) is 3.37. The molecule has 0 aliphatic carbocycles. The average molecular weight is 492 g/mol. The summed E-state index contributed by atoms with van der Waals surface area (Å²) in [6, 6.07) is 13.8. The van der Waals surface area contributed by atoms with Crippen molar-refractivity contribution in [2.45, 2.75) is 70.7 Å². The molecular weight excluding hydrogens is 454 g/mol. The second-order valence-corrected chi connectivity index (χ2v) is 16.1. The van der Waals surface area contributed by atoms with Crippen LogP contribution in [0.5, 0.6) is 0 Å². The van der Waals surface area contributed by atoms with E-state index in [9.17, 15) is 9.90 Å². The van der Waals surface area contributed by atoms with E-state index in [0.29, 0.717) is 23.2 Å². The molecule has 1 atom stereocenters. The van der Waals surface area contributed by atoms with E-state index in [1.54, 1.807) is 6.26 Å². The third kappa shape index (κ3) is 4.45. The lowest BCUT2D eigenvalue weighted by Gasteiger charge is -2.42. The van der Waals surface area contributed by atoms with Crippen molar-refractivity contribution in [1.29, 1.82) is 0 Å². The lowest BCUT2D eigenvalue weighted by Crippen LogP contribution is -2.47. The maximum atomic E-state index is 12.5. The summed E-state index contributed by atoms with van der Waals surface area (Å²) in [7, 11) is 0.00416. The van der Waals surface area contributed by atoms with Gasteiger partial charge in [-0.2, -0.15) is 0 Å². The van der Waals surface area contributed by atoms with E-state index >= 15 is 0 Å². The minimum Gasteiger partial charge on any atom is -0.481 e. The normalized spacial score (nSPS) is 13.5. The number of aromatic nitrogens is 1. The molecular formula is C29H37NO4Si. The van der Waals surface area contributed by atoms with Gasteiger partial charge in [0.05, 0.1) is 12.9 Å². The Balaban J connectivity index is 1.70. The third-order valence-electron chi connectivity index (χ3n) is 7.65. The first kappa shape index (κ1) is 25.3. The molecule has 2 aromatic carbocycles. The van der Waals surface area contributed by atoms with Gasteiger partial charge < -0.3 is 18.5 Å². The minimum absolute atomic E-state index is 0.525. The van der Waals surface area contributed by atoms with E-state index in [-0.39, 0.29) is 0 Å². The Morgan fingerprint density at radius 3 is 2.31 bits per heavy atom. The standard InChI is InChI=1S/C29H37NO4Si/c1-18(2)35(19(3)4,20(5)6)34-17-21-8-10-24-25(16-30(7)26(24)14-21)28(29(31)32)23-9-11-27-22(15-23)12-13-33-27/h8-16,18-20,28H,17H2,1-7H3,(H,31,32). The predicted molar refractivity (Wildman–Crippen MR) is 144 cm³/mol. The highest BCUT2D eigenvalue weighted by Crippen LogP contribution is 2.43. The number of hydrogen-bond donors (Lipinski definition) is 1. The molecule has 0 fully saturated rings. The van der Waals surface area contributed by atoms with Gasteiger partial charge in [-0.15, -0.1) is 0 Å². The lowest BCUT2D eigenvalue weighted by atomic mass is 9.90. The van der Waals surface area contributed by atoms with Crippen LogP contribution in [0.3, 0.4) is 0 Å². The molecule has 1 N–H and O–H groups in total. The van der Waals surface area contributed by atoms with Crippen LogP contribution in [0.4, 0.5) is 0 Å². The summed E-state index contributed by atoms with van der Waals surface area (Å²) < 4.78 is 14.3. The number of fused-ring (bicyclic) bond motifs is 2. The Hall–Kier alpha value is -2.83. The number of carboxylic acids is 1. The van der Waals surface area contributed by atoms with Crippen molar-refractivity contribution >= 4 is 36.2 Å². The molecule has 0 radical (unpaired) electrons. The SMILES string of the molecule is CC(C)[Si](OCc1ccc2c(C(C(=O)O)c3ccc4occc4c3)cn(C)c2c1)(C(C)C)C(C)C. The number of rotatable bonds is 9. The number of carbonyl (C=O) groups is 1. The van der Waals surface area contributed by atoms with Crippen molar-refractivity contribution in [1.82, 2.24) is 4.57 Å². The molecule has 186 valence electrons. The molecule has 0 spiro atoms. The van der Waals surface area contributed by atoms with Gasteiger partial charge in [0.2, 0.25) is 8.32 Å². The second-order valence-electron chi connectivity index (χ2n) is 10.6. The van der Waals surface area contributed by atoms with E-state index in [2.05, 4.69) is 59.7 Å². The largest absolute Gasteiger partial charge is 0.481 e. The quantitative estimate of drug-likeness (QED) is 0.242. The topological polar surface area (TPSA) is 64.6 Å². The van der Waals surface area contributed by atoms with Crippen molar-refractivity contribution in [2.24, 2.45) is 7.05 Å². The van der Waals surface area contributed by atoms with Crippen molar-refractivity contribution in [3.8, 4) is 0 Å². The summed E-state index contributed by atoms with van der Waals surface area (Å²) in [5, 5.41) is 12.1. The first-order valence-electron chi connectivity index (χ1n) is 12.5. The Morgan fingerprint density at radius 1 is 1.00 bits per heavy atom. The van der Waals surface area contributed by atoms with Crippen LogP contribution in [0.15, 0.2) is 59.3 Å². The minimum atomic E-state index is -1.97. The van der Waals surface area contributed by atoms with Gasteiger partial charge in [0, 0.05) is 29.5 Å². The van der Waals surface area contributed by atoms with Crippen LogP contribution >= 0.6 is 0 Å². The molecule has 0 saturated carbocycles. The van der Waals surface area contributed by atoms with E-state index in [0.717, 1.165) is 38.6 Å². The molecule has 0 aliphatic heterocycles. The van der Waals surface area contributed by atoms with E-state index in [1.165, 1.54) is 0 Å². The van der Waals surface area contributed by atoms with E-state index in [1.807, 2.05) is 42.1 Å². The Labute approximate surface area is 208 Å². The van der Waals surface area contributed by atoms with Crippen LogP contribution in [-0.2, 0) is 22.9 Å². The zero-order valence-corrected chi connectivity index (χ0v) is 22.8. The second kappa shape index (κ2) is 9.67. The maximum absolute atomic E-state index is 12.5. The molecule has 5 nitrogen and oxygen atoms in total. The van der Waals surface area contributed by atoms with Gasteiger partial charge in [-0.3, -0.25) is 4.79 Å². The van der Waals surface area contributed by atoms with Crippen molar-refractivity contribution < 1.29 is 18.7 Å². The first-order chi connectivity index (χ1) is 16.6. The molecule has 0 bridgehead atoms. The Kier molecular flexibility index (Phi) is 6.98. The lowest BCUT2D eigenvalue weighted by molar-refractivity contribution is -0.137. The fourth-order valence-corrected chi connectivity index (χ4v) is 11.5. The maximum Gasteiger partial charge on any atom is 0.315 e. The van der Waals surface area contributed by atoms with Crippen LogP contribution in [0.25, 0.3) is 21.9 Å². The van der Waals surface area contributed by atoms with Crippen LogP contribution in [-0.4, -0.2) is 24.0 Å². The van der Waals surface area contributed by atoms with Crippen molar-refractivity contribution in [3.05, 3.63) is 71.6 Å². The van der Waals surface area contributed by atoms with Gasteiger partial charge >= 0.3 is 5.97 Å². The number of aryl methyl sites for hydroxylation is 1. The highest BCUT2D eigenvalue weighted by Gasteiger charge is 2.45. The summed E-state index contributed by atoms with van der Waals surface area (Å²) in [5.41, 5.74) is 6.00. The van der Waals surface area contributed by atoms with Crippen LogP contribution < -0.4 is 0 Å². The highest BCUT2D eigenvalue weighted by molar-refractivity contribution is 6.77. The van der Waals surface area contributed by atoms with Crippen molar-refractivity contribution in [3.63, 3.8) is 0 Å². The molecule has 2 heterocycles. The molecule has 35 heavy (non-hydrogen) atoms. The monoisotopic (exact) mass is 491 g/mol. The highest BCUT2D eigenvalue weighted by atomic mass is 28.4. The summed E-state index contributed by atoms with van der Waals surface area (Å²) in [4.78, 5) is 12.5. The zero-order valence-electron chi connectivity index (χ0n) is 21.8. The number of benzene rings is 2. The van der Waals surface area contributed by atoms with Crippen LogP contribution in [0, 0.1) is 0 Å². The fourth-order valence-electron chi connectivity index (χ4n) is 6.11. The molecule has 0 saturated heterocycles. The van der Waals surface area contributed by atoms with Crippen LogP contribution in [0.2, 0.25) is 16.6 Å². The number of nitrogens with zero attached hydrogens (tertiary/aromatic N) is 1. The summed E-state index contributed by atoms with van der Waals surface area (Å²) in [5.74, 6) is -1.63. The van der Waals surface area contributed by atoms with E-state index < -0.39 is 20.2 Å². The molecule has 0 amide bonds. The number of carboxylic acid groups (broad SMARTS) is 1. The van der Waals surface area contributed by atoms with Gasteiger partial charge in [0.25, 0.3) is 0 Å². The molecule has 1 unspecified atom stereocenters. The van der Waals surface area contributed by atoms with E-state index in [4.69, 9.17) is 8.84 Å². The zero-order chi connectivity index (χ0) is 25.5. The van der Waals surface area contributed by atoms with Gasteiger partial charge in [0.15, 0.2) is 0 Å². The smallest absolute Gasteiger partial charge is 0.315 e. The summed E-state index contributed by atoms with van der Waals surface area (Å²) >= 11 is 0. The van der Waals surface area contributed by atoms with Crippen LogP contribution in [0.1, 0.15) is 64.2 Å². The number of furan rings is 1. The van der Waals surface area contributed by atoms with Gasteiger partial charge in [-0.1, -0.05) is 59.7 Å². The summed E-state index contributed by atoms with van der Waals surface area (Å²) in [6.07, 6.45) is 3.57. The molecule has 0 aliphatic rings. The Bertz CT molecular complexity index is 1330. The molecule has 4 aromatic rings. The van der Waals surface area contributed by atoms with Gasteiger partial charge in [-0.05, 0) is 57.6 Å². The number of hydrogen-bond acceptors (Lipinski definition) is 3. The predicted octanol–water partition coefficient (Wildman–Crippen LogP) is 7.83. The van der Waals surface area contributed by atoms with Crippen molar-refractivity contribution in [2.75, 3.05) is 0 Å². The molecule has 4 rings (SSSR count). The Morgan fingerprint density at radius 2 is 1.69 bits per heavy atom.